The summed E-state index contributed by atoms with van der Waals surface area (Å²) >= 11 is 0. The molecule has 0 aromatic rings. The highest BCUT2D eigenvalue weighted by Crippen LogP contribution is 2.28. The summed E-state index contributed by atoms with van der Waals surface area (Å²) in [7, 11) is 1.76. The molecule has 0 bridgehead atoms. The highest BCUT2D eigenvalue weighted by Gasteiger charge is 2.20. The van der Waals surface area contributed by atoms with Crippen LogP contribution in [0.4, 0.5) is 0 Å². The van der Waals surface area contributed by atoms with E-state index in [4.69, 9.17) is 4.74 Å². The first-order valence-electron chi connectivity index (χ1n) is 4.06. The first kappa shape index (κ1) is 8.53. The van der Waals surface area contributed by atoms with Crippen LogP contribution in [0.1, 0.15) is 12.8 Å². The zero-order valence-corrected chi connectivity index (χ0v) is 6.95. The minimum atomic E-state index is 0.672. The summed E-state index contributed by atoms with van der Waals surface area (Å²) in [4.78, 5) is 11.7. The average Bonchev–Trinajstić information content (AvgIpc) is 2.81. The van der Waals surface area contributed by atoms with E-state index in [1.165, 1.54) is 12.8 Å². The molecule has 0 aromatic heterocycles. The number of ether oxygens (including phenoxy) is 1. The maximum absolute atomic E-state index is 10.1. The summed E-state index contributed by atoms with van der Waals surface area (Å²) in [6.45, 7) is 2.26. The molecule has 1 amide bonds. The molecule has 0 N–H and O–H groups in total. The van der Waals surface area contributed by atoms with Gasteiger partial charge in [0.15, 0.2) is 0 Å². The van der Waals surface area contributed by atoms with Crippen LogP contribution in [-0.4, -0.2) is 38.1 Å². The Morgan fingerprint density at radius 1 is 1.64 bits per heavy atom. The zero-order chi connectivity index (χ0) is 8.10. The second-order valence-corrected chi connectivity index (χ2v) is 3.10. The third-order valence-corrected chi connectivity index (χ3v) is 1.82. The van der Waals surface area contributed by atoms with Crippen molar-refractivity contribution < 1.29 is 9.53 Å². The molecular formula is C8H15NO2. The lowest BCUT2D eigenvalue weighted by Gasteiger charge is -2.09. The van der Waals surface area contributed by atoms with Crippen molar-refractivity contribution in [2.24, 2.45) is 5.92 Å². The van der Waals surface area contributed by atoms with Gasteiger partial charge in [-0.3, -0.25) is 4.79 Å². The fourth-order valence-electron chi connectivity index (χ4n) is 0.796. The number of rotatable bonds is 6. The highest BCUT2D eigenvalue weighted by atomic mass is 16.5. The van der Waals surface area contributed by atoms with Crippen LogP contribution in [0.5, 0.6) is 0 Å². The van der Waals surface area contributed by atoms with Gasteiger partial charge in [-0.1, -0.05) is 0 Å². The maximum atomic E-state index is 10.1. The van der Waals surface area contributed by atoms with E-state index in [0.29, 0.717) is 13.2 Å². The quantitative estimate of drug-likeness (QED) is 0.415. The van der Waals surface area contributed by atoms with Crippen LogP contribution in [0, 0.1) is 5.92 Å². The Labute approximate surface area is 67.3 Å². The third kappa shape index (κ3) is 3.98. The molecule has 3 nitrogen and oxygen atoms in total. The van der Waals surface area contributed by atoms with Crippen LogP contribution in [0.15, 0.2) is 0 Å². The number of likely N-dealkylation sites (N-methyl/N-ethyl adjacent to an activating group) is 1. The van der Waals surface area contributed by atoms with E-state index in [0.717, 1.165) is 18.9 Å². The van der Waals surface area contributed by atoms with Crippen LogP contribution in [-0.2, 0) is 9.53 Å². The zero-order valence-electron chi connectivity index (χ0n) is 6.95. The van der Waals surface area contributed by atoms with Crippen LogP contribution in [0.25, 0.3) is 0 Å². The molecule has 3 heteroatoms. The largest absolute Gasteiger partial charge is 0.379 e. The van der Waals surface area contributed by atoms with E-state index in [9.17, 15) is 4.79 Å². The van der Waals surface area contributed by atoms with Gasteiger partial charge in [0, 0.05) is 20.2 Å². The summed E-state index contributed by atoms with van der Waals surface area (Å²) in [6.07, 6.45) is 3.47. The topological polar surface area (TPSA) is 29.5 Å². The molecule has 0 aromatic carbocycles. The Kier molecular flexibility index (Phi) is 3.36. The maximum Gasteiger partial charge on any atom is 0.209 e. The lowest BCUT2D eigenvalue weighted by molar-refractivity contribution is -0.117. The number of hydrogen-bond donors (Lipinski definition) is 0. The lowest BCUT2D eigenvalue weighted by Crippen LogP contribution is -2.21. The van der Waals surface area contributed by atoms with E-state index in [2.05, 4.69) is 0 Å². The Bertz CT molecular complexity index is 123. The number of carbonyl (C=O) groups excluding carboxylic acids is 1. The molecule has 0 spiro atoms. The molecular weight excluding hydrogens is 142 g/mol. The molecule has 11 heavy (non-hydrogen) atoms. The standard InChI is InChI=1S/C8H15NO2/c1-9(7-10)4-5-11-6-8-2-3-8/h7-8H,2-6H2,1H3. The molecule has 1 aliphatic rings. The minimum absolute atomic E-state index is 0.672. The average molecular weight is 157 g/mol. The Balaban J connectivity index is 1.82. The van der Waals surface area contributed by atoms with Crippen LogP contribution in [0.3, 0.4) is 0 Å². The van der Waals surface area contributed by atoms with E-state index in [1.807, 2.05) is 0 Å². The van der Waals surface area contributed by atoms with E-state index in [-0.39, 0.29) is 0 Å². The van der Waals surface area contributed by atoms with Crippen molar-refractivity contribution in [3.8, 4) is 0 Å². The molecule has 1 aliphatic carbocycles. The summed E-state index contributed by atoms with van der Waals surface area (Å²) in [6, 6.07) is 0. The van der Waals surface area contributed by atoms with Gasteiger partial charge in [-0.15, -0.1) is 0 Å². The molecule has 0 radical (unpaired) electrons. The van der Waals surface area contributed by atoms with Crippen molar-refractivity contribution in [1.29, 1.82) is 0 Å². The van der Waals surface area contributed by atoms with Crippen molar-refractivity contribution in [2.45, 2.75) is 12.8 Å². The Morgan fingerprint density at radius 3 is 2.91 bits per heavy atom. The second kappa shape index (κ2) is 4.34. The molecule has 1 rings (SSSR count). The normalized spacial score (nSPS) is 16.5. The predicted molar refractivity (Wildman–Crippen MR) is 42.2 cm³/mol. The molecule has 64 valence electrons. The summed E-state index contributed by atoms with van der Waals surface area (Å²) in [5.74, 6) is 0.816. The lowest BCUT2D eigenvalue weighted by atomic mass is 10.5. The fraction of sp³-hybridized carbons (Fsp3) is 0.875. The van der Waals surface area contributed by atoms with E-state index >= 15 is 0 Å². The molecule has 0 atom stereocenters. The molecule has 1 saturated carbocycles. The van der Waals surface area contributed by atoms with Gasteiger partial charge in [-0.25, -0.2) is 0 Å². The molecule has 0 unspecified atom stereocenters. The predicted octanol–water partition coefficient (Wildman–Crippen LogP) is 0.501. The highest BCUT2D eigenvalue weighted by molar-refractivity contribution is 5.46. The van der Waals surface area contributed by atoms with Gasteiger partial charge in [0.2, 0.25) is 6.41 Å². The molecule has 0 aliphatic heterocycles. The van der Waals surface area contributed by atoms with Gasteiger partial charge < -0.3 is 9.64 Å². The van der Waals surface area contributed by atoms with Crippen molar-refractivity contribution in [1.82, 2.24) is 4.90 Å². The van der Waals surface area contributed by atoms with E-state index in [1.54, 1.807) is 11.9 Å². The van der Waals surface area contributed by atoms with Gasteiger partial charge in [0.05, 0.1) is 6.61 Å². The van der Waals surface area contributed by atoms with Gasteiger partial charge in [-0.05, 0) is 18.8 Å². The van der Waals surface area contributed by atoms with Gasteiger partial charge in [-0.2, -0.15) is 0 Å². The third-order valence-electron chi connectivity index (χ3n) is 1.82. The number of hydrogen-bond acceptors (Lipinski definition) is 2. The monoisotopic (exact) mass is 157 g/mol. The molecule has 0 heterocycles. The van der Waals surface area contributed by atoms with Crippen molar-refractivity contribution in [3.63, 3.8) is 0 Å². The van der Waals surface area contributed by atoms with Gasteiger partial charge in [0.1, 0.15) is 0 Å². The summed E-state index contributed by atoms with van der Waals surface area (Å²) in [5.41, 5.74) is 0. The summed E-state index contributed by atoms with van der Waals surface area (Å²) < 4.78 is 5.33. The molecule has 0 saturated heterocycles. The first-order chi connectivity index (χ1) is 5.33. The van der Waals surface area contributed by atoms with Crippen LogP contribution < -0.4 is 0 Å². The Morgan fingerprint density at radius 2 is 2.36 bits per heavy atom. The smallest absolute Gasteiger partial charge is 0.209 e. The Hall–Kier alpha value is -0.570. The minimum Gasteiger partial charge on any atom is -0.379 e. The van der Waals surface area contributed by atoms with Crippen molar-refractivity contribution >= 4 is 6.41 Å². The first-order valence-corrected chi connectivity index (χ1v) is 4.06. The number of carbonyl (C=O) groups is 1. The van der Waals surface area contributed by atoms with Crippen molar-refractivity contribution in [2.75, 3.05) is 26.8 Å². The number of amides is 1. The van der Waals surface area contributed by atoms with Crippen LogP contribution in [0.2, 0.25) is 0 Å². The van der Waals surface area contributed by atoms with Gasteiger partial charge in [0.25, 0.3) is 0 Å². The fourth-order valence-corrected chi connectivity index (χ4v) is 0.796. The van der Waals surface area contributed by atoms with Crippen molar-refractivity contribution in [3.05, 3.63) is 0 Å². The van der Waals surface area contributed by atoms with Gasteiger partial charge >= 0.3 is 0 Å². The number of nitrogens with zero attached hydrogens (tertiary/aromatic N) is 1. The summed E-state index contributed by atoms with van der Waals surface area (Å²) in [5, 5.41) is 0. The molecule has 1 fully saturated rings. The van der Waals surface area contributed by atoms with Crippen LogP contribution >= 0.6 is 0 Å². The van der Waals surface area contributed by atoms with E-state index < -0.39 is 0 Å². The SMILES string of the molecule is CN(C=O)CCOCC1CC1. The second-order valence-electron chi connectivity index (χ2n) is 3.10.